The van der Waals surface area contributed by atoms with E-state index in [2.05, 4.69) is 31.1 Å². The van der Waals surface area contributed by atoms with E-state index in [1.807, 2.05) is 7.11 Å². The van der Waals surface area contributed by atoms with Gasteiger partial charge < -0.3 is 15.0 Å². The maximum atomic E-state index is 5.68. The van der Waals surface area contributed by atoms with Gasteiger partial charge in [0.1, 0.15) is 0 Å². The first kappa shape index (κ1) is 13.3. The number of methoxy groups -OCH3 is 1. The number of rotatable bonds is 4. The zero-order chi connectivity index (χ0) is 12.5. The number of likely N-dealkylation sites (tertiary alicyclic amines) is 1. The maximum Gasteiger partial charge on any atom is 0.0802 e. The van der Waals surface area contributed by atoms with Crippen LogP contribution in [0.1, 0.15) is 39.5 Å². The van der Waals surface area contributed by atoms with Gasteiger partial charge in [-0.1, -0.05) is 6.92 Å². The van der Waals surface area contributed by atoms with Gasteiger partial charge in [0, 0.05) is 32.3 Å². The van der Waals surface area contributed by atoms with Gasteiger partial charge in [0.15, 0.2) is 0 Å². The summed E-state index contributed by atoms with van der Waals surface area (Å²) in [5.41, 5.74) is 0.159. The second-order valence-corrected chi connectivity index (χ2v) is 6.23. The Labute approximate surface area is 106 Å². The molecule has 100 valence electrons. The first-order valence-electron chi connectivity index (χ1n) is 7.05. The van der Waals surface area contributed by atoms with Gasteiger partial charge in [0.2, 0.25) is 0 Å². The molecule has 1 aliphatic heterocycles. The van der Waals surface area contributed by atoms with Crippen LogP contribution in [0, 0.1) is 5.92 Å². The van der Waals surface area contributed by atoms with Crippen molar-refractivity contribution >= 4 is 0 Å². The third-order valence-electron chi connectivity index (χ3n) is 4.99. The van der Waals surface area contributed by atoms with Crippen molar-refractivity contribution in [2.75, 3.05) is 27.2 Å². The molecule has 3 atom stereocenters. The number of nitrogens with one attached hydrogen (secondary N) is 1. The van der Waals surface area contributed by atoms with Gasteiger partial charge in [0.05, 0.1) is 5.60 Å². The molecule has 1 saturated heterocycles. The third-order valence-corrected chi connectivity index (χ3v) is 4.99. The Morgan fingerprint density at radius 3 is 2.59 bits per heavy atom. The van der Waals surface area contributed by atoms with E-state index in [4.69, 9.17) is 4.74 Å². The summed E-state index contributed by atoms with van der Waals surface area (Å²) in [5, 5.41) is 3.76. The van der Waals surface area contributed by atoms with E-state index in [-0.39, 0.29) is 5.60 Å². The van der Waals surface area contributed by atoms with Gasteiger partial charge in [0.25, 0.3) is 0 Å². The Morgan fingerprint density at radius 2 is 2.06 bits per heavy atom. The molecule has 3 nitrogen and oxygen atoms in total. The van der Waals surface area contributed by atoms with Crippen molar-refractivity contribution in [3.8, 4) is 0 Å². The first-order chi connectivity index (χ1) is 8.06. The molecular formula is C14H28N2O. The fraction of sp³-hybridized carbons (Fsp3) is 1.00. The van der Waals surface area contributed by atoms with Gasteiger partial charge in [-0.3, -0.25) is 0 Å². The monoisotopic (exact) mass is 240 g/mol. The Balaban J connectivity index is 1.82. The highest BCUT2D eigenvalue weighted by Crippen LogP contribution is 2.34. The van der Waals surface area contributed by atoms with Crippen LogP contribution in [0.25, 0.3) is 0 Å². The van der Waals surface area contributed by atoms with Crippen LogP contribution in [-0.2, 0) is 4.74 Å². The smallest absolute Gasteiger partial charge is 0.0802 e. The number of ether oxygens (including phenoxy) is 1. The zero-order valence-corrected chi connectivity index (χ0v) is 11.8. The highest BCUT2D eigenvalue weighted by Gasteiger charge is 2.38. The minimum Gasteiger partial charge on any atom is -0.377 e. The molecule has 17 heavy (non-hydrogen) atoms. The molecule has 0 aromatic rings. The first-order valence-corrected chi connectivity index (χ1v) is 7.05. The van der Waals surface area contributed by atoms with Crippen LogP contribution in [0.2, 0.25) is 0 Å². The number of hydrogen-bond donors (Lipinski definition) is 1. The molecule has 1 heterocycles. The summed E-state index contributed by atoms with van der Waals surface area (Å²) in [4.78, 5) is 2.47. The lowest BCUT2D eigenvalue weighted by atomic mass is 9.79. The van der Waals surface area contributed by atoms with Gasteiger partial charge in [-0.25, -0.2) is 0 Å². The van der Waals surface area contributed by atoms with Crippen molar-refractivity contribution in [2.45, 2.75) is 57.2 Å². The average Bonchev–Trinajstić information content (AvgIpc) is 2.24. The molecule has 1 N–H and O–H groups in total. The second kappa shape index (κ2) is 5.25. The third kappa shape index (κ3) is 2.83. The number of nitrogens with zero attached hydrogens (tertiary/aromatic N) is 1. The standard InChI is InChI=1S/C14H28N2O/c1-11-9-16(3)12(2)8-13(11)15-10-14(17-4)6-5-7-14/h11-13,15H,5-10H2,1-4H3. The molecule has 0 radical (unpaired) electrons. The highest BCUT2D eigenvalue weighted by atomic mass is 16.5. The Bertz CT molecular complexity index is 247. The van der Waals surface area contributed by atoms with E-state index in [9.17, 15) is 0 Å². The summed E-state index contributed by atoms with van der Waals surface area (Å²) in [6, 6.07) is 1.36. The van der Waals surface area contributed by atoms with E-state index in [0.717, 1.165) is 12.5 Å². The summed E-state index contributed by atoms with van der Waals surface area (Å²) in [6.45, 7) is 6.93. The van der Waals surface area contributed by atoms with Crippen molar-refractivity contribution in [1.29, 1.82) is 0 Å². The molecule has 0 aromatic heterocycles. The van der Waals surface area contributed by atoms with Crippen molar-refractivity contribution in [3.05, 3.63) is 0 Å². The zero-order valence-electron chi connectivity index (χ0n) is 11.8. The number of piperidine rings is 1. The van der Waals surface area contributed by atoms with Gasteiger partial charge in [-0.05, 0) is 45.6 Å². The van der Waals surface area contributed by atoms with Crippen LogP contribution in [0.15, 0.2) is 0 Å². The summed E-state index contributed by atoms with van der Waals surface area (Å²) >= 11 is 0. The summed E-state index contributed by atoms with van der Waals surface area (Å²) in [7, 11) is 4.10. The van der Waals surface area contributed by atoms with Crippen molar-refractivity contribution < 1.29 is 4.74 Å². The fourth-order valence-corrected chi connectivity index (χ4v) is 3.17. The van der Waals surface area contributed by atoms with Crippen LogP contribution in [0.4, 0.5) is 0 Å². The Morgan fingerprint density at radius 1 is 1.35 bits per heavy atom. The molecule has 1 aliphatic carbocycles. The second-order valence-electron chi connectivity index (χ2n) is 6.23. The molecule has 3 unspecified atom stereocenters. The quantitative estimate of drug-likeness (QED) is 0.812. The molecule has 1 saturated carbocycles. The largest absolute Gasteiger partial charge is 0.377 e. The Kier molecular flexibility index (Phi) is 4.11. The average molecular weight is 240 g/mol. The van der Waals surface area contributed by atoms with E-state index in [1.165, 1.54) is 32.2 Å². The molecule has 0 spiro atoms. The SMILES string of the molecule is COC1(CNC2CC(C)N(C)CC2C)CCC1. The predicted octanol–water partition coefficient (Wildman–Crippen LogP) is 1.87. The van der Waals surface area contributed by atoms with Crippen LogP contribution in [0.3, 0.4) is 0 Å². The van der Waals surface area contributed by atoms with Crippen LogP contribution < -0.4 is 5.32 Å². The van der Waals surface area contributed by atoms with Crippen molar-refractivity contribution in [2.24, 2.45) is 5.92 Å². The molecular weight excluding hydrogens is 212 g/mol. The lowest BCUT2D eigenvalue weighted by Crippen LogP contribution is -2.56. The van der Waals surface area contributed by atoms with E-state index in [0.29, 0.717) is 12.1 Å². The van der Waals surface area contributed by atoms with Crippen LogP contribution in [0.5, 0.6) is 0 Å². The summed E-state index contributed by atoms with van der Waals surface area (Å²) < 4.78 is 5.68. The minimum absolute atomic E-state index is 0.159. The summed E-state index contributed by atoms with van der Waals surface area (Å²) in [6.07, 6.45) is 5.05. The van der Waals surface area contributed by atoms with Crippen LogP contribution >= 0.6 is 0 Å². The maximum absolute atomic E-state index is 5.68. The van der Waals surface area contributed by atoms with Crippen molar-refractivity contribution in [1.82, 2.24) is 10.2 Å². The van der Waals surface area contributed by atoms with E-state index < -0.39 is 0 Å². The van der Waals surface area contributed by atoms with Gasteiger partial charge >= 0.3 is 0 Å². The van der Waals surface area contributed by atoms with Crippen LogP contribution in [-0.4, -0.2) is 49.8 Å². The molecule has 0 amide bonds. The topological polar surface area (TPSA) is 24.5 Å². The Hall–Kier alpha value is -0.120. The molecule has 3 heteroatoms. The predicted molar refractivity (Wildman–Crippen MR) is 71.3 cm³/mol. The molecule has 0 aromatic carbocycles. The van der Waals surface area contributed by atoms with Crippen molar-refractivity contribution in [3.63, 3.8) is 0 Å². The fourth-order valence-electron chi connectivity index (χ4n) is 3.17. The molecule has 2 fully saturated rings. The van der Waals surface area contributed by atoms with E-state index >= 15 is 0 Å². The van der Waals surface area contributed by atoms with Gasteiger partial charge in [-0.2, -0.15) is 0 Å². The normalized spacial score (nSPS) is 37.8. The molecule has 2 rings (SSSR count). The lowest BCUT2D eigenvalue weighted by Gasteiger charge is -2.45. The van der Waals surface area contributed by atoms with Gasteiger partial charge in [-0.15, -0.1) is 0 Å². The molecule has 0 bridgehead atoms. The number of hydrogen-bond acceptors (Lipinski definition) is 3. The lowest BCUT2D eigenvalue weighted by molar-refractivity contribution is -0.0732. The minimum atomic E-state index is 0.159. The highest BCUT2D eigenvalue weighted by molar-refractivity contribution is 4.94. The van der Waals surface area contributed by atoms with E-state index in [1.54, 1.807) is 0 Å². The summed E-state index contributed by atoms with van der Waals surface area (Å²) in [5.74, 6) is 0.741. The molecule has 2 aliphatic rings.